The Morgan fingerprint density at radius 2 is 1.77 bits per heavy atom. The van der Waals surface area contributed by atoms with Gasteiger partial charge < -0.3 is 24.1 Å². The lowest BCUT2D eigenvalue weighted by Gasteiger charge is -2.13. The molecule has 0 aliphatic rings. The molecule has 0 fully saturated rings. The molecule has 2 heterocycles. The molecule has 0 spiro atoms. The van der Waals surface area contributed by atoms with Crippen LogP contribution in [-0.4, -0.2) is 35.4 Å². The van der Waals surface area contributed by atoms with E-state index in [0.29, 0.717) is 16.7 Å². The molecule has 4 aromatic rings. The smallest absolute Gasteiger partial charge is 0.326 e. The summed E-state index contributed by atoms with van der Waals surface area (Å²) in [5.41, 5.74) is -1.49. The van der Waals surface area contributed by atoms with Gasteiger partial charge in [-0.3, -0.25) is 5.32 Å². The Hall–Kier alpha value is -4.48. The largest absolute Gasteiger partial charge is 0.496 e. The second kappa shape index (κ2) is 9.41. The number of halogens is 2. The normalized spacial score (nSPS) is 11.3. The minimum absolute atomic E-state index is 0.00249. The number of nitrogens with zero attached hydrogens (tertiary/aromatic N) is 3. The highest BCUT2D eigenvalue weighted by molar-refractivity contribution is 5.99. The Balaban J connectivity index is 1.59. The predicted octanol–water partition coefficient (Wildman–Crippen LogP) is 5.42. The minimum atomic E-state index is -1.76. The highest BCUT2D eigenvalue weighted by Gasteiger charge is 2.24. The van der Waals surface area contributed by atoms with Crippen molar-refractivity contribution in [2.45, 2.75) is 19.5 Å². The molecule has 0 saturated heterocycles. The topological polar surface area (TPSA) is 121 Å². The minimum Gasteiger partial charge on any atom is -0.496 e. The SMILES string of the molecule is COc1nc(Oc2cccc(NC(=O)Nc3cc(C(C)(C)F)no3)c2F)c2c(OC)cccc2n1. The molecule has 0 saturated carbocycles. The summed E-state index contributed by atoms with van der Waals surface area (Å²) in [7, 11) is 2.86. The van der Waals surface area contributed by atoms with Crippen molar-refractivity contribution in [2.75, 3.05) is 24.9 Å². The van der Waals surface area contributed by atoms with Crippen molar-refractivity contribution < 1.29 is 32.3 Å². The molecule has 4 rings (SSSR count). The number of alkyl halides is 1. The van der Waals surface area contributed by atoms with Crippen LogP contribution < -0.4 is 24.8 Å². The van der Waals surface area contributed by atoms with Gasteiger partial charge in [0.1, 0.15) is 16.8 Å². The van der Waals surface area contributed by atoms with Gasteiger partial charge in [0.2, 0.25) is 11.8 Å². The van der Waals surface area contributed by atoms with Crippen LogP contribution in [0.25, 0.3) is 10.9 Å². The van der Waals surface area contributed by atoms with Crippen molar-refractivity contribution >= 4 is 28.5 Å². The number of aromatic nitrogens is 3. The Morgan fingerprint density at radius 1 is 1.03 bits per heavy atom. The Labute approximate surface area is 198 Å². The van der Waals surface area contributed by atoms with Gasteiger partial charge >= 0.3 is 12.0 Å². The quantitative estimate of drug-likeness (QED) is 0.356. The van der Waals surface area contributed by atoms with Crippen molar-refractivity contribution in [3.05, 3.63) is 54.0 Å². The molecule has 0 aliphatic heterocycles. The zero-order valence-corrected chi connectivity index (χ0v) is 19.2. The number of benzene rings is 2. The van der Waals surface area contributed by atoms with Crippen molar-refractivity contribution in [3.63, 3.8) is 0 Å². The van der Waals surface area contributed by atoms with Gasteiger partial charge in [0.25, 0.3) is 0 Å². The number of hydrogen-bond donors (Lipinski definition) is 2. The zero-order valence-electron chi connectivity index (χ0n) is 19.2. The summed E-state index contributed by atoms with van der Waals surface area (Å²) in [4.78, 5) is 20.8. The van der Waals surface area contributed by atoms with Crippen LogP contribution in [-0.2, 0) is 5.67 Å². The second-order valence-corrected chi connectivity index (χ2v) is 7.72. The summed E-state index contributed by atoms with van der Waals surface area (Å²) in [6.07, 6.45) is 0. The van der Waals surface area contributed by atoms with Crippen molar-refractivity contribution in [2.24, 2.45) is 0 Å². The molecule has 0 aliphatic carbocycles. The maximum absolute atomic E-state index is 15.2. The average Bonchev–Trinajstić information content (AvgIpc) is 3.30. The molecule has 0 radical (unpaired) electrons. The fraction of sp³-hybridized carbons (Fsp3) is 0.217. The number of carbonyl (C=O) groups excluding carboxylic acids is 1. The number of methoxy groups -OCH3 is 2. The Bertz CT molecular complexity index is 1390. The van der Waals surface area contributed by atoms with Crippen molar-refractivity contribution in [1.29, 1.82) is 0 Å². The lowest BCUT2D eigenvalue weighted by molar-refractivity contribution is 0.205. The number of anilines is 2. The van der Waals surface area contributed by atoms with E-state index in [0.717, 1.165) is 0 Å². The molecule has 12 heteroatoms. The first-order valence-electron chi connectivity index (χ1n) is 10.3. The van der Waals surface area contributed by atoms with Crippen molar-refractivity contribution in [1.82, 2.24) is 15.1 Å². The van der Waals surface area contributed by atoms with Crippen LogP contribution in [0, 0.1) is 5.82 Å². The first-order valence-corrected chi connectivity index (χ1v) is 10.3. The highest BCUT2D eigenvalue weighted by atomic mass is 19.1. The maximum atomic E-state index is 15.2. The van der Waals surface area contributed by atoms with Crippen LogP contribution in [0.3, 0.4) is 0 Å². The molecule has 182 valence electrons. The average molecular weight is 485 g/mol. The summed E-state index contributed by atoms with van der Waals surface area (Å²) in [6, 6.07) is 9.69. The van der Waals surface area contributed by atoms with Gasteiger partial charge in [-0.1, -0.05) is 17.3 Å². The van der Waals surface area contributed by atoms with Gasteiger partial charge in [0.15, 0.2) is 17.2 Å². The maximum Gasteiger partial charge on any atom is 0.326 e. The van der Waals surface area contributed by atoms with E-state index in [9.17, 15) is 9.18 Å². The van der Waals surface area contributed by atoms with Crippen molar-refractivity contribution in [3.8, 4) is 23.4 Å². The summed E-state index contributed by atoms with van der Waals surface area (Å²) >= 11 is 0. The number of hydrogen-bond acceptors (Lipinski definition) is 8. The van der Waals surface area contributed by atoms with Gasteiger partial charge in [-0.05, 0) is 38.1 Å². The first-order chi connectivity index (χ1) is 16.7. The summed E-state index contributed by atoms with van der Waals surface area (Å²) in [5.74, 6) is -0.795. The van der Waals surface area contributed by atoms with E-state index in [1.54, 1.807) is 18.2 Å². The van der Waals surface area contributed by atoms with E-state index in [-0.39, 0.29) is 34.9 Å². The molecule has 10 nitrogen and oxygen atoms in total. The van der Waals surface area contributed by atoms with Crippen LogP contribution >= 0.6 is 0 Å². The summed E-state index contributed by atoms with van der Waals surface area (Å²) < 4.78 is 50.3. The molecule has 2 aromatic heterocycles. The van der Waals surface area contributed by atoms with Crippen LogP contribution in [0.4, 0.5) is 25.1 Å². The van der Waals surface area contributed by atoms with E-state index in [2.05, 4.69) is 25.8 Å². The zero-order chi connectivity index (χ0) is 25.2. The van der Waals surface area contributed by atoms with E-state index >= 15 is 4.39 Å². The van der Waals surface area contributed by atoms with Gasteiger partial charge in [-0.25, -0.2) is 13.6 Å². The van der Waals surface area contributed by atoms with Crippen LogP contribution in [0.15, 0.2) is 47.0 Å². The number of amides is 2. The lowest BCUT2D eigenvalue weighted by Crippen LogP contribution is -2.20. The number of fused-ring (bicyclic) bond motifs is 1. The third-order valence-electron chi connectivity index (χ3n) is 4.81. The van der Waals surface area contributed by atoms with Gasteiger partial charge in [0.05, 0.1) is 25.4 Å². The fourth-order valence-electron chi connectivity index (χ4n) is 3.10. The van der Waals surface area contributed by atoms with E-state index in [4.69, 9.17) is 18.7 Å². The van der Waals surface area contributed by atoms with Gasteiger partial charge in [0, 0.05) is 6.07 Å². The number of nitrogens with one attached hydrogen (secondary N) is 2. The third-order valence-corrected chi connectivity index (χ3v) is 4.81. The molecule has 0 unspecified atom stereocenters. The number of carbonyl (C=O) groups is 1. The van der Waals surface area contributed by atoms with Gasteiger partial charge in [-0.15, -0.1) is 0 Å². The molecule has 2 N–H and O–H groups in total. The second-order valence-electron chi connectivity index (χ2n) is 7.72. The molecule has 2 aromatic carbocycles. The molecular weight excluding hydrogens is 464 g/mol. The number of ether oxygens (including phenoxy) is 3. The third kappa shape index (κ3) is 5.05. The fourth-order valence-corrected chi connectivity index (χ4v) is 3.10. The Kier molecular flexibility index (Phi) is 6.36. The standard InChI is InChI=1S/C23H21F2N5O5/c1-23(2,25)16-11-17(35-30-16)28-21(31)26-13-8-6-10-15(19(13)24)34-20-18-12(27-22(29-20)33-4)7-5-9-14(18)32-3/h5-11H,1-4H3,(H2,26,28,31). The monoisotopic (exact) mass is 485 g/mol. The van der Waals surface area contributed by atoms with Crippen LogP contribution in [0.1, 0.15) is 19.5 Å². The van der Waals surface area contributed by atoms with E-state index in [1.165, 1.54) is 52.3 Å². The Morgan fingerprint density at radius 3 is 2.46 bits per heavy atom. The molecule has 35 heavy (non-hydrogen) atoms. The number of urea groups is 1. The molecule has 2 amide bonds. The first kappa shape index (κ1) is 23.7. The molecule has 0 atom stereocenters. The van der Waals surface area contributed by atoms with E-state index < -0.39 is 17.5 Å². The molecule has 0 bridgehead atoms. The van der Waals surface area contributed by atoms with Gasteiger partial charge in [-0.2, -0.15) is 9.97 Å². The van der Waals surface area contributed by atoms with Crippen LogP contribution in [0.2, 0.25) is 0 Å². The van der Waals surface area contributed by atoms with Crippen LogP contribution in [0.5, 0.6) is 23.4 Å². The summed E-state index contributed by atoms with van der Waals surface area (Å²) in [6.45, 7) is 2.59. The number of rotatable bonds is 7. The predicted molar refractivity (Wildman–Crippen MR) is 122 cm³/mol. The molecular formula is C23H21F2N5O5. The highest BCUT2D eigenvalue weighted by Crippen LogP contribution is 2.37. The summed E-state index contributed by atoms with van der Waals surface area (Å²) in [5, 5.41) is 8.64. The van der Waals surface area contributed by atoms with E-state index in [1.807, 2.05) is 0 Å². The lowest BCUT2D eigenvalue weighted by atomic mass is 10.1.